The van der Waals surface area contributed by atoms with Crippen molar-refractivity contribution in [3.63, 3.8) is 0 Å². The van der Waals surface area contributed by atoms with Crippen LogP contribution >= 0.6 is 12.2 Å². The van der Waals surface area contributed by atoms with Gasteiger partial charge in [0.1, 0.15) is 5.75 Å². The summed E-state index contributed by atoms with van der Waals surface area (Å²) in [6.45, 7) is 4.10. The zero-order chi connectivity index (χ0) is 18.4. The van der Waals surface area contributed by atoms with Crippen LogP contribution in [-0.2, 0) is 0 Å². The molecule has 6 nitrogen and oxygen atoms in total. The van der Waals surface area contributed by atoms with Gasteiger partial charge in [-0.3, -0.25) is 10.1 Å². The summed E-state index contributed by atoms with van der Waals surface area (Å²) < 4.78 is 5.33. The first-order valence-electron chi connectivity index (χ1n) is 7.60. The maximum absolute atomic E-state index is 12.2. The Labute approximate surface area is 150 Å². The summed E-state index contributed by atoms with van der Waals surface area (Å²) in [5, 5.41) is 14.6. The molecule has 0 atom stereocenters. The summed E-state index contributed by atoms with van der Waals surface area (Å²) in [4.78, 5) is 23.4. The van der Waals surface area contributed by atoms with Crippen LogP contribution < -0.4 is 15.4 Å². The summed E-state index contributed by atoms with van der Waals surface area (Å²) in [5.74, 6) is -0.709. The van der Waals surface area contributed by atoms with Crippen LogP contribution in [0, 0.1) is 6.92 Å². The minimum absolute atomic E-state index is 0.0875. The molecule has 130 valence electrons. The first-order valence-corrected chi connectivity index (χ1v) is 8.01. The fourth-order valence-electron chi connectivity index (χ4n) is 2.20. The van der Waals surface area contributed by atoms with E-state index >= 15 is 0 Å². The van der Waals surface area contributed by atoms with Crippen molar-refractivity contribution in [1.82, 2.24) is 5.32 Å². The number of aromatic carboxylic acids is 1. The average molecular weight is 358 g/mol. The second kappa shape index (κ2) is 8.25. The van der Waals surface area contributed by atoms with Crippen LogP contribution in [0.25, 0.3) is 0 Å². The standard InChI is InChI=1S/C18H18N2O4S/c1-3-24-13-9-7-12(8-10-13)16(21)20-18(25)19-15-6-4-5-14(11(15)2)17(22)23/h4-10H,3H2,1-2H3,(H,22,23)(H2,19,20,21,25). The first-order chi connectivity index (χ1) is 11.9. The molecular formula is C18H18N2O4S. The highest BCUT2D eigenvalue weighted by Crippen LogP contribution is 2.19. The van der Waals surface area contributed by atoms with Crippen LogP contribution in [0.5, 0.6) is 5.75 Å². The molecule has 0 unspecified atom stereocenters. The molecule has 0 fully saturated rings. The molecule has 0 heterocycles. The molecule has 1 amide bonds. The number of carboxylic acid groups (broad SMARTS) is 1. The molecule has 7 heteroatoms. The van der Waals surface area contributed by atoms with Gasteiger partial charge >= 0.3 is 5.97 Å². The van der Waals surface area contributed by atoms with Crippen LogP contribution in [0.1, 0.15) is 33.2 Å². The van der Waals surface area contributed by atoms with Crippen LogP contribution in [-0.4, -0.2) is 28.7 Å². The number of benzene rings is 2. The van der Waals surface area contributed by atoms with Gasteiger partial charge in [0, 0.05) is 11.3 Å². The Hall–Kier alpha value is -2.93. The molecule has 0 saturated carbocycles. The molecule has 0 aromatic heterocycles. The van der Waals surface area contributed by atoms with Crippen molar-refractivity contribution in [1.29, 1.82) is 0 Å². The molecule has 2 rings (SSSR count). The van der Waals surface area contributed by atoms with Crippen molar-refractivity contribution >= 4 is 34.9 Å². The number of nitrogens with one attached hydrogen (secondary N) is 2. The van der Waals surface area contributed by atoms with Crippen molar-refractivity contribution in [2.24, 2.45) is 0 Å². The van der Waals surface area contributed by atoms with E-state index in [1.807, 2.05) is 6.92 Å². The fraction of sp³-hybridized carbons (Fsp3) is 0.167. The van der Waals surface area contributed by atoms with Crippen molar-refractivity contribution in [3.05, 3.63) is 59.2 Å². The highest BCUT2D eigenvalue weighted by molar-refractivity contribution is 7.80. The predicted molar refractivity (Wildman–Crippen MR) is 99.4 cm³/mol. The number of carboxylic acids is 1. The smallest absolute Gasteiger partial charge is 0.336 e. The van der Waals surface area contributed by atoms with Crippen molar-refractivity contribution < 1.29 is 19.4 Å². The molecule has 0 aliphatic heterocycles. The number of rotatable bonds is 5. The molecule has 3 N–H and O–H groups in total. The third kappa shape index (κ3) is 4.77. The van der Waals surface area contributed by atoms with Gasteiger partial charge in [0.2, 0.25) is 0 Å². The Morgan fingerprint density at radius 3 is 2.44 bits per heavy atom. The number of carbonyl (C=O) groups excluding carboxylic acids is 1. The number of hydrogen-bond acceptors (Lipinski definition) is 4. The number of hydrogen-bond donors (Lipinski definition) is 3. The van der Waals surface area contributed by atoms with E-state index in [-0.39, 0.29) is 16.6 Å². The molecule has 0 saturated heterocycles. The molecular weight excluding hydrogens is 340 g/mol. The van der Waals surface area contributed by atoms with Crippen molar-refractivity contribution in [2.75, 3.05) is 11.9 Å². The normalized spacial score (nSPS) is 10.0. The Morgan fingerprint density at radius 2 is 1.84 bits per heavy atom. The van der Waals surface area contributed by atoms with E-state index < -0.39 is 5.97 Å². The minimum atomic E-state index is -1.02. The van der Waals surface area contributed by atoms with Crippen molar-refractivity contribution in [2.45, 2.75) is 13.8 Å². The maximum atomic E-state index is 12.2. The summed E-state index contributed by atoms with van der Waals surface area (Å²) in [6.07, 6.45) is 0. The van der Waals surface area contributed by atoms with Gasteiger partial charge in [-0.2, -0.15) is 0 Å². The van der Waals surface area contributed by atoms with Crippen LogP contribution in [0.4, 0.5) is 5.69 Å². The first kappa shape index (κ1) is 18.4. The lowest BCUT2D eigenvalue weighted by Gasteiger charge is -2.13. The zero-order valence-electron chi connectivity index (χ0n) is 13.8. The summed E-state index contributed by atoms with van der Waals surface area (Å²) in [7, 11) is 0. The van der Waals surface area contributed by atoms with Gasteiger partial charge in [-0.25, -0.2) is 4.79 Å². The number of anilines is 1. The second-order valence-corrected chi connectivity index (χ2v) is 5.56. The molecule has 0 bridgehead atoms. The number of amides is 1. The van der Waals surface area contributed by atoms with E-state index in [1.54, 1.807) is 43.3 Å². The lowest BCUT2D eigenvalue weighted by molar-refractivity contribution is 0.0696. The largest absolute Gasteiger partial charge is 0.494 e. The molecule has 0 aliphatic rings. The van der Waals surface area contributed by atoms with E-state index in [2.05, 4.69) is 10.6 Å². The number of ether oxygens (including phenoxy) is 1. The summed E-state index contributed by atoms with van der Waals surface area (Å²) >= 11 is 5.13. The fourth-order valence-corrected chi connectivity index (χ4v) is 2.40. The molecule has 0 aliphatic carbocycles. The zero-order valence-corrected chi connectivity index (χ0v) is 14.6. The second-order valence-electron chi connectivity index (χ2n) is 5.15. The third-order valence-corrected chi connectivity index (χ3v) is 3.67. The van der Waals surface area contributed by atoms with Crippen LogP contribution in [0.15, 0.2) is 42.5 Å². The lowest BCUT2D eigenvalue weighted by atomic mass is 10.1. The van der Waals surface area contributed by atoms with Gasteiger partial charge in [0.05, 0.1) is 12.2 Å². The molecule has 0 radical (unpaired) electrons. The predicted octanol–water partition coefficient (Wildman–Crippen LogP) is 3.22. The van der Waals surface area contributed by atoms with Gasteiger partial charge in [-0.1, -0.05) is 6.07 Å². The molecule has 2 aromatic carbocycles. The Balaban J connectivity index is 2.03. The average Bonchev–Trinajstić information content (AvgIpc) is 2.57. The lowest BCUT2D eigenvalue weighted by Crippen LogP contribution is -2.34. The Bertz CT molecular complexity index is 803. The Morgan fingerprint density at radius 1 is 1.16 bits per heavy atom. The van der Waals surface area contributed by atoms with E-state index in [9.17, 15) is 9.59 Å². The number of carbonyl (C=O) groups is 2. The Kier molecular flexibility index (Phi) is 6.08. The maximum Gasteiger partial charge on any atom is 0.336 e. The molecule has 0 spiro atoms. The quantitative estimate of drug-likeness (QED) is 0.712. The highest BCUT2D eigenvalue weighted by atomic mass is 32.1. The van der Waals surface area contributed by atoms with Gasteiger partial charge < -0.3 is 15.2 Å². The highest BCUT2D eigenvalue weighted by Gasteiger charge is 2.12. The summed E-state index contributed by atoms with van der Waals surface area (Å²) in [6, 6.07) is 11.5. The topological polar surface area (TPSA) is 87.7 Å². The third-order valence-electron chi connectivity index (χ3n) is 3.47. The van der Waals surface area contributed by atoms with E-state index in [0.717, 1.165) is 0 Å². The monoisotopic (exact) mass is 358 g/mol. The summed E-state index contributed by atoms with van der Waals surface area (Å²) in [5.41, 5.74) is 1.67. The van der Waals surface area contributed by atoms with Crippen LogP contribution in [0.2, 0.25) is 0 Å². The van der Waals surface area contributed by atoms with E-state index in [1.165, 1.54) is 6.07 Å². The van der Waals surface area contributed by atoms with Gasteiger partial charge in [-0.05, 0) is 68.0 Å². The molecule has 25 heavy (non-hydrogen) atoms. The van der Waals surface area contributed by atoms with E-state index in [0.29, 0.717) is 29.2 Å². The minimum Gasteiger partial charge on any atom is -0.494 e. The molecule has 2 aromatic rings. The van der Waals surface area contributed by atoms with Gasteiger partial charge in [0.25, 0.3) is 5.91 Å². The van der Waals surface area contributed by atoms with Crippen molar-refractivity contribution in [3.8, 4) is 5.75 Å². The van der Waals surface area contributed by atoms with Gasteiger partial charge in [0.15, 0.2) is 5.11 Å². The SMILES string of the molecule is CCOc1ccc(C(=O)NC(=S)Nc2cccc(C(=O)O)c2C)cc1. The van der Waals surface area contributed by atoms with E-state index in [4.69, 9.17) is 22.1 Å². The van der Waals surface area contributed by atoms with Gasteiger partial charge in [-0.15, -0.1) is 0 Å². The van der Waals surface area contributed by atoms with Crippen LogP contribution in [0.3, 0.4) is 0 Å². The number of thiocarbonyl (C=S) groups is 1.